The van der Waals surface area contributed by atoms with Gasteiger partial charge in [-0.1, -0.05) is 27.2 Å². The summed E-state index contributed by atoms with van der Waals surface area (Å²) in [6.07, 6.45) is 6.54. The summed E-state index contributed by atoms with van der Waals surface area (Å²) in [5.74, 6) is 0.654. The third-order valence-corrected chi connectivity index (χ3v) is 3.16. The van der Waals surface area contributed by atoms with Crippen LogP contribution in [0.25, 0.3) is 0 Å². The Morgan fingerprint density at radius 3 is 2.62 bits per heavy atom. The fourth-order valence-corrected chi connectivity index (χ4v) is 1.90. The van der Waals surface area contributed by atoms with Crippen molar-refractivity contribution >= 4 is 0 Å². The first-order valence-corrected chi connectivity index (χ1v) is 6.48. The largest absolute Gasteiger partial charge is 0.310 e. The Morgan fingerprint density at radius 1 is 1.38 bits per heavy atom. The van der Waals surface area contributed by atoms with E-state index >= 15 is 0 Å². The van der Waals surface area contributed by atoms with E-state index in [-0.39, 0.29) is 0 Å². The second-order valence-electron chi connectivity index (χ2n) is 4.45. The number of rotatable bonds is 7. The maximum atomic E-state index is 4.36. The number of nitrogens with zero attached hydrogens (tertiary/aromatic N) is 2. The van der Waals surface area contributed by atoms with Crippen molar-refractivity contribution in [3.8, 4) is 0 Å². The minimum absolute atomic E-state index is 0.449. The number of hydrogen-bond acceptors (Lipinski definition) is 2. The van der Waals surface area contributed by atoms with Gasteiger partial charge in [0.15, 0.2) is 0 Å². The molecule has 1 aromatic heterocycles. The van der Waals surface area contributed by atoms with Crippen LogP contribution in [0.4, 0.5) is 0 Å². The standard InChI is InChI=1S/C13H25N3/c1-5-8-14-13(11(4)6-2)12-9-15-16(7-3)10-12/h9-11,13-14H,5-8H2,1-4H3. The van der Waals surface area contributed by atoms with Crippen molar-refractivity contribution in [2.45, 2.75) is 53.1 Å². The van der Waals surface area contributed by atoms with Crippen LogP contribution in [0, 0.1) is 5.92 Å². The van der Waals surface area contributed by atoms with Gasteiger partial charge in [0, 0.05) is 24.3 Å². The number of aryl methyl sites for hydroxylation is 1. The van der Waals surface area contributed by atoms with Crippen molar-refractivity contribution < 1.29 is 0 Å². The Balaban J connectivity index is 2.74. The van der Waals surface area contributed by atoms with Crippen molar-refractivity contribution in [3.63, 3.8) is 0 Å². The molecule has 1 rings (SSSR count). The fraction of sp³-hybridized carbons (Fsp3) is 0.769. The summed E-state index contributed by atoms with van der Waals surface area (Å²) in [5.41, 5.74) is 1.32. The Hall–Kier alpha value is -0.830. The van der Waals surface area contributed by atoms with Crippen molar-refractivity contribution in [1.29, 1.82) is 0 Å². The molecule has 1 N–H and O–H groups in total. The summed E-state index contributed by atoms with van der Waals surface area (Å²) in [6, 6.07) is 0.449. The van der Waals surface area contributed by atoms with E-state index in [1.165, 1.54) is 18.4 Å². The minimum atomic E-state index is 0.449. The van der Waals surface area contributed by atoms with E-state index in [2.05, 4.69) is 44.3 Å². The van der Waals surface area contributed by atoms with Gasteiger partial charge in [-0.2, -0.15) is 5.10 Å². The molecule has 0 aliphatic carbocycles. The highest BCUT2D eigenvalue weighted by molar-refractivity contribution is 5.11. The van der Waals surface area contributed by atoms with Crippen LogP contribution in [-0.4, -0.2) is 16.3 Å². The Morgan fingerprint density at radius 2 is 2.12 bits per heavy atom. The molecule has 0 spiro atoms. The van der Waals surface area contributed by atoms with Gasteiger partial charge in [-0.15, -0.1) is 0 Å². The van der Waals surface area contributed by atoms with Crippen LogP contribution in [0.3, 0.4) is 0 Å². The molecule has 0 amide bonds. The summed E-state index contributed by atoms with van der Waals surface area (Å²) in [7, 11) is 0. The highest BCUT2D eigenvalue weighted by Crippen LogP contribution is 2.23. The van der Waals surface area contributed by atoms with Gasteiger partial charge in [-0.25, -0.2) is 0 Å². The predicted molar refractivity (Wildman–Crippen MR) is 68.4 cm³/mol. The summed E-state index contributed by atoms with van der Waals surface area (Å²) < 4.78 is 2.00. The molecule has 0 aliphatic rings. The van der Waals surface area contributed by atoms with E-state index in [4.69, 9.17) is 0 Å². The van der Waals surface area contributed by atoms with Gasteiger partial charge in [-0.05, 0) is 25.8 Å². The van der Waals surface area contributed by atoms with Crippen LogP contribution in [0.2, 0.25) is 0 Å². The average molecular weight is 223 g/mol. The van der Waals surface area contributed by atoms with E-state index in [0.717, 1.165) is 13.1 Å². The molecule has 0 saturated heterocycles. The lowest BCUT2D eigenvalue weighted by molar-refractivity contribution is 0.377. The van der Waals surface area contributed by atoms with Crippen LogP contribution in [0.5, 0.6) is 0 Å². The molecule has 1 heterocycles. The zero-order valence-electron chi connectivity index (χ0n) is 11.0. The molecule has 3 heteroatoms. The van der Waals surface area contributed by atoms with Crippen LogP contribution in [-0.2, 0) is 6.54 Å². The van der Waals surface area contributed by atoms with Gasteiger partial charge in [-0.3, -0.25) is 4.68 Å². The van der Waals surface area contributed by atoms with Crippen molar-refractivity contribution in [2.75, 3.05) is 6.54 Å². The van der Waals surface area contributed by atoms with E-state index in [9.17, 15) is 0 Å². The molecule has 0 aliphatic heterocycles. The first-order chi connectivity index (χ1) is 7.72. The Labute approximate surface area is 99.2 Å². The second-order valence-corrected chi connectivity index (χ2v) is 4.45. The van der Waals surface area contributed by atoms with Gasteiger partial charge < -0.3 is 5.32 Å². The molecule has 0 radical (unpaired) electrons. The minimum Gasteiger partial charge on any atom is -0.310 e. The molecule has 0 bridgehead atoms. The Bertz CT molecular complexity index is 293. The van der Waals surface area contributed by atoms with Gasteiger partial charge in [0.25, 0.3) is 0 Å². The lowest BCUT2D eigenvalue weighted by Crippen LogP contribution is -2.27. The smallest absolute Gasteiger partial charge is 0.0537 e. The van der Waals surface area contributed by atoms with Crippen molar-refractivity contribution in [2.24, 2.45) is 5.92 Å². The SMILES string of the molecule is CCCNC(c1cnn(CC)c1)C(C)CC. The predicted octanol–water partition coefficient (Wildman–Crippen LogP) is 2.99. The molecule has 92 valence electrons. The summed E-state index contributed by atoms with van der Waals surface area (Å²) >= 11 is 0. The van der Waals surface area contributed by atoms with Crippen LogP contribution >= 0.6 is 0 Å². The van der Waals surface area contributed by atoms with E-state index in [0.29, 0.717) is 12.0 Å². The van der Waals surface area contributed by atoms with Gasteiger partial charge in [0.2, 0.25) is 0 Å². The van der Waals surface area contributed by atoms with Gasteiger partial charge in [0.05, 0.1) is 6.20 Å². The zero-order valence-corrected chi connectivity index (χ0v) is 11.0. The summed E-state index contributed by atoms with van der Waals surface area (Å²) in [5, 5.41) is 7.98. The molecule has 16 heavy (non-hydrogen) atoms. The second kappa shape index (κ2) is 6.69. The van der Waals surface area contributed by atoms with Crippen molar-refractivity contribution in [1.82, 2.24) is 15.1 Å². The van der Waals surface area contributed by atoms with E-state index in [1.54, 1.807) is 0 Å². The summed E-state index contributed by atoms with van der Waals surface area (Å²) in [6.45, 7) is 10.9. The molecular weight excluding hydrogens is 198 g/mol. The highest BCUT2D eigenvalue weighted by Gasteiger charge is 2.18. The highest BCUT2D eigenvalue weighted by atomic mass is 15.3. The zero-order chi connectivity index (χ0) is 12.0. The van der Waals surface area contributed by atoms with Crippen LogP contribution in [0.15, 0.2) is 12.4 Å². The maximum Gasteiger partial charge on any atom is 0.0537 e. The molecule has 3 nitrogen and oxygen atoms in total. The maximum absolute atomic E-state index is 4.36. The molecular formula is C13H25N3. The number of hydrogen-bond donors (Lipinski definition) is 1. The fourth-order valence-electron chi connectivity index (χ4n) is 1.90. The Kier molecular flexibility index (Phi) is 5.53. The lowest BCUT2D eigenvalue weighted by Gasteiger charge is -2.23. The van der Waals surface area contributed by atoms with Crippen molar-refractivity contribution in [3.05, 3.63) is 18.0 Å². The monoisotopic (exact) mass is 223 g/mol. The van der Waals surface area contributed by atoms with Crippen LogP contribution in [0.1, 0.15) is 52.1 Å². The molecule has 0 saturated carbocycles. The quantitative estimate of drug-likeness (QED) is 0.770. The topological polar surface area (TPSA) is 29.9 Å². The van der Waals surface area contributed by atoms with E-state index < -0.39 is 0 Å². The first-order valence-electron chi connectivity index (χ1n) is 6.48. The summed E-state index contributed by atoms with van der Waals surface area (Å²) in [4.78, 5) is 0. The molecule has 0 aromatic carbocycles. The number of aromatic nitrogens is 2. The third kappa shape index (κ3) is 3.34. The van der Waals surface area contributed by atoms with Gasteiger partial charge >= 0.3 is 0 Å². The first kappa shape index (κ1) is 13.2. The van der Waals surface area contributed by atoms with Crippen LogP contribution < -0.4 is 5.32 Å². The van der Waals surface area contributed by atoms with Gasteiger partial charge in [0.1, 0.15) is 0 Å². The molecule has 1 aromatic rings. The third-order valence-electron chi connectivity index (χ3n) is 3.16. The molecule has 2 atom stereocenters. The number of nitrogens with one attached hydrogen (secondary N) is 1. The lowest BCUT2D eigenvalue weighted by atomic mass is 9.94. The molecule has 2 unspecified atom stereocenters. The average Bonchev–Trinajstić information content (AvgIpc) is 2.77. The normalized spacial score (nSPS) is 15.0. The molecule has 0 fully saturated rings. The van der Waals surface area contributed by atoms with E-state index in [1.807, 2.05) is 10.9 Å².